The largest absolute Gasteiger partial charge is 0.353 e. The predicted molar refractivity (Wildman–Crippen MR) is 76.3 cm³/mol. The molecule has 1 atom stereocenters. The first kappa shape index (κ1) is 16.4. The number of sulfonamides is 1. The van der Waals surface area contributed by atoms with Crippen LogP contribution in [0.2, 0.25) is 0 Å². The van der Waals surface area contributed by atoms with E-state index in [-0.39, 0.29) is 23.6 Å². The van der Waals surface area contributed by atoms with Crippen LogP contribution >= 0.6 is 0 Å². The maximum atomic E-state index is 12.0. The Morgan fingerprint density at radius 1 is 1.32 bits per heavy atom. The average molecular weight is 290 g/mol. The van der Waals surface area contributed by atoms with E-state index >= 15 is 0 Å². The van der Waals surface area contributed by atoms with E-state index < -0.39 is 10.0 Å². The Morgan fingerprint density at radius 2 is 1.89 bits per heavy atom. The second-order valence-corrected chi connectivity index (χ2v) is 7.53. The van der Waals surface area contributed by atoms with Crippen molar-refractivity contribution in [2.24, 2.45) is 5.92 Å². The molecule has 0 saturated carbocycles. The number of nitrogens with zero attached hydrogens (tertiary/aromatic N) is 1. The molecule has 1 heterocycles. The summed E-state index contributed by atoms with van der Waals surface area (Å²) in [7, 11) is -3.10. The predicted octanol–water partition coefficient (Wildman–Crippen LogP) is 1.35. The standard InChI is InChI=1S/C13H26N2O3S/c1-4-6-11(3)14-13(16)12-7-9-15(10-8-12)19(17,18)5-2/h11-12H,4-10H2,1-3H3,(H,14,16)/t11-/m1/s1. The first-order valence-corrected chi connectivity index (χ1v) is 8.79. The van der Waals surface area contributed by atoms with Crippen LogP contribution in [0.1, 0.15) is 46.5 Å². The van der Waals surface area contributed by atoms with Gasteiger partial charge in [-0.25, -0.2) is 12.7 Å². The highest BCUT2D eigenvalue weighted by Crippen LogP contribution is 2.20. The third kappa shape index (κ3) is 4.76. The van der Waals surface area contributed by atoms with Crippen LogP contribution in [0.5, 0.6) is 0 Å². The second-order valence-electron chi connectivity index (χ2n) is 5.27. The molecule has 0 radical (unpaired) electrons. The highest BCUT2D eigenvalue weighted by Gasteiger charge is 2.30. The fraction of sp³-hybridized carbons (Fsp3) is 0.923. The maximum Gasteiger partial charge on any atom is 0.223 e. The Labute approximate surface area is 116 Å². The van der Waals surface area contributed by atoms with Gasteiger partial charge < -0.3 is 5.32 Å². The van der Waals surface area contributed by atoms with E-state index in [0.29, 0.717) is 25.9 Å². The third-order valence-electron chi connectivity index (χ3n) is 3.69. The fourth-order valence-corrected chi connectivity index (χ4v) is 3.58. The molecule has 1 fully saturated rings. The van der Waals surface area contributed by atoms with Crippen molar-refractivity contribution in [2.45, 2.75) is 52.5 Å². The number of hydrogen-bond acceptors (Lipinski definition) is 3. The average Bonchev–Trinajstić information content (AvgIpc) is 2.39. The number of rotatable bonds is 6. The quantitative estimate of drug-likeness (QED) is 0.803. The van der Waals surface area contributed by atoms with E-state index in [2.05, 4.69) is 12.2 Å². The van der Waals surface area contributed by atoms with Crippen LogP contribution in [0, 0.1) is 5.92 Å². The van der Waals surface area contributed by atoms with E-state index in [4.69, 9.17) is 0 Å². The normalized spacial score (nSPS) is 20.2. The SMILES string of the molecule is CCC[C@@H](C)NC(=O)C1CCN(S(=O)(=O)CC)CC1. The lowest BCUT2D eigenvalue weighted by Gasteiger charge is -2.30. The van der Waals surface area contributed by atoms with Gasteiger partial charge in [-0.2, -0.15) is 0 Å². The zero-order valence-corrected chi connectivity index (χ0v) is 13.0. The van der Waals surface area contributed by atoms with E-state index in [0.717, 1.165) is 12.8 Å². The van der Waals surface area contributed by atoms with Crippen molar-refractivity contribution in [3.63, 3.8) is 0 Å². The van der Waals surface area contributed by atoms with Crippen LogP contribution in [0.4, 0.5) is 0 Å². The highest BCUT2D eigenvalue weighted by atomic mass is 32.2. The van der Waals surface area contributed by atoms with Gasteiger partial charge >= 0.3 is 0 Å². The van der Waals surface area contributed by atoms with Gasteiger partial charge in [0.05, 0.1) is 5.75 Å². The molecule has 0 aromatic carbocycles. The summed E-state index contributed by atoms with van der Waals surface area (Å²) in [5.74, 6) is 0.175. The molecule has 1 amide bonds. The fourth-order valence-electron chi connectivity index (χ4n) is 2.44. The molecule has 0 spiro atoms. The molecule has 1 aliphatic rings. The number of hydrogen-bond donors (Lipinski definition) is 1. The summed E-state index contributed by atoms with van der Waals surface area (Å²) in [5, 5.41) is 3.01. The minimum Gasteiger partial charge on any atom is -0.353 e. The molecule has 6 heteroatoms. The Balaban J connectivity index is 2.43. The van der Waals surface area contributed by atoms with Gasteiger partial charge in [-0.15, -0.1) is 0 Å². The van der Waals surface area contributed by atoms with E-state index in [1.165, 1.54) is 4.31 Å². The van der Waals surface area contributed by atoms with Gasteiger partial charge in [-0.3, -0.25) is 4.79 Å². The van der Waals surface area contributed by atoms with Crippen LogP contribution in [-0.2, 0) is 14.8 Å². The molecule has 1 aliphatic heterocycles. The third-order valence-corrected chi connectivity index (χ3v) is 5.57. The van der Waals surface area contributed by atoms with E-state index in [9.17, 15) is 13.2 Å². The zero-order valence-electron chi connectivity index (χ0n) is 12.2. The summed E-state index contributed by atoms with van der Waals surface area (Å²) in [6, 6.07) is 0.204. The smallest absolute Gasteiger partial charge is 0.223 e. The van der Waals surface area contributed by atoms with Gasteiger partial charge in [-0.05, 0) is 33.1 Å². The van der Waals surface area contributed by atoms with Crippen LogP contribution < -0.4 is 5.32 Å². The lowest BCUT2D eigenvalue weighted by molar-refractivity contribution is -0.126. The van der Waals surface area contributed by atoms with Crippen molar-refractivity contribution in [2.75, 3.05) is 18.8 Å². The summed E-state index contributed by atoms with van der Waals surface area (Å²) in [6.07, 6.45) is 3.29. The number of amides is 1. The number of piperidine rings is 1. The molecule has 112 valence electrons. The molecule has 19 heavy (non-hydrogen) atoms. The van der Waals surface area contributed by atoms with Crippen LogP contribution in [0.25, 0.3) is 0 Å². The first-order valence-electron chi connectivity index (χ1n) is 7.18. The van der Waals surface area contributed by atoms with Gasteiger partial charge in [0.25, 0.3) is 0 Å². The molecular formula is C13H26N2O3S. The molecule has 1 N–H and O–H groups in total. The molecule has 0 aromatic heterocycles. The molecule has 0 aliphatic carbocycles. The van der Waals surface area contributed by atoms with Gasteiger partial charge in [-0.1, -0.05) is 13.3 Å². The summed E-state index contributed by atoms with van der Waals surface area (Å²) >= 11 is 0. The van der Waals surface area contributed by atoms with Crippen molar-refractivity contribution in [3.05, 3.63) is 0 Å². The molecule has 1 rings (SSSR count). The van der Waals surface area contributed by atoms with Gasteiger partial charge in [0.2, 0.25) is 15.9 Å². The van der Waals surface area contributed by atoms with Crippen molar-refractivity contribution in [3.8, 4) is 0 Å². The second kappa shape index (κ2) is 7.24. The first-order chi connectivity index (χ1) is 8.90. The monoisotopic (exact) mass is 290 g/mol. The van der Waals surface area contributed by atoms with Gasteiger partial charge in [0.15, 0.2) is 0 Å². The topological polar surface area (TPSA) is 66.5 Å². The zero-order chi connectivity index (χ0) is 14.5. The van der Waals surface area contributed by atoms with Gasteiger partial charge in [0.1, 0.15) is 0 Å². The molecule has 0 unspecified atom stereocenters. The van der Waals surface area contributed by atoms with E-state index in [1.807, 2.05) is 6.92 Å². The van der Waals surface area contributed by atoms with E-state index in [1.54, 1.807) is 6.92 Å². The maximum absolute atomic E-state index is 12.0. The molecule has 0 aromatic rings. The minimum atomic E-state index is -3.10. The Hall–Kier alpha value is -0.620. The van der Waals surface area contributed by atoms with Crippen molar-refractivity contribution < 1.29 is 13.2 Å². The van der Waals surface area contributed by atoms with Crippen LogP contribution in [0.3, 0.4) is 0 Å². The summed E-state index contributed by atoms with van der Waals surface area (Å²) < 4.78 is 24.9. The van der Waals surface area contributed by atoms with Crippen LogP contribution in [0.15, 0.2) is 0 Å². The lowest BCUT2D eigenvalue weighted by atomic mass is 9.96. The molecule has 1 saturated heterocycles. The molecular weight excluding hydrogens is 264 g/mol. The lowest BCUT2D eigenvalue weighted by Crippen LogP contribution is -2.45. The number of nitrogens with one attached hydrogen (secondary N) is 1. The van der Waals surface area contributed by atoms with Gasteiger partial charge in [0, 0.05) is 25.0 Å². The minimum absolute atomic E-state index is 0.0392. The van der Waals surface area contributed by atoms with Crippen LogP contribution in [-0.4, -0.2) is 43.5 Å². The summed E-state index contributed by atoms with van der Waals surface area (Å²) in [4.78, 5) is 12.0. The van der Waals surface area contributed by atoms with Crippen molar-refractivity contribution in [1.82, 2.24) is 9.62 Å². The van der Waals surface area contributed by atoms with Crippen molar-refractivity contribution >= 4 is 15.9 Å². The Bertz CT molecular complexity index is 387. The highest BCUT2D eigenvalue weighted by molar-refractivity contribution is 7.89. The summed E-state index contributed by atoms with van der Waals surface area (Å²) in [5.41, 5.74) is 0. The summed E-state index contributed by atoms with van der Waals surface area (Å²) in [6.45, 7) is 6.70. The number of carbonyl (C=O) groups excluding carboxylic acids is 1. The number of carbonyl (C=O) groups is 1. The molecule has 5 nitrogen and oxygen atoms in total. The van der Waals surface area contributed by atoms with Crippen molar-refractivity contribution in [1.29, 1.82) is 0 Å². The Morgan fingerprint density at radius 3 is 2.37 bits per heavy atom. The molecule has 0 bridgehead atoms. The Kier molecular flexibility index (Phi) is 6.26.